The molecule has 0 unspecified atom stereocenters. The van der Waals surface area contributed by atoms with E-state index < -0.39 is 0 Å². The molecule has 0 saturated heterocycles. The fraction of sp³-hybridized carbons (Fsp3) is 0.111. The third-order valence-corrected chi connectivity index (χ3v) is 2.09. The Morgan fingerprint density at radius 1 is 1.40 bits per heavy atom. The Morgan fingerprint density at radius 3 is 2.53 bits per heavy atom. The highest BCUT2D eigenvalue weighted by Gasteiger charge is 2.03. The minimum absolute atomic E-state index is 0.0769. The maximum Gasteiger partial charge on any atom is 0.0880 e. The van der Waals surface area contributed by atoms with Crippen LogP contribution in [0.25, 0.3) is 10.4 Å². The van der Waals surface area contributed by atoms with Crippen molar-refractivity contribution in [1.82, 2.24) is 0 Å². The van der Waals surface area contributed by atoms with E-state index in [1.807, 2.05) is 0 Å². The Bertz CT molecular complexity index is 458. The molecule has 76 valence electrons. The molecule has 0 aromatic heterocycles. The van der Waals surface area contributed by atoms with Gasteiger partial charge in [-0.3, -0.25) is 0 Å². The molecule has 4 nitrogen and oxygen atoms in total. The summed E-state index contributed by atoms with van der Waals surface area (Å²) in [6, 6.07) is 3.12. The van der Waals surface area contributed by atoms with Crippen LogP contribution in [-0.2, 0) is 0 Å². The smallest absolute Gasteiger partial charge is 0.0880 e. The standard InChI is InChI=1S/C9H6Cl2N4/c10-8-4-6(12)5-9(11)7(8)2-1-3-14-15-13/h4-5H,3,12H2. The predicted octanol–water partition coefficient (Wildman–Crippen LogP) is 3.24. The van der Waals surface area contributed by atoms with Crippen LogP contribution >= 0.6 is 23.2 Å². The van der Waals surface area contributed by atoms with Crippen LogP contribution in [0.4, 0.5) is 5.69 Å². The molecule has 1 aromatic carbocycles. The number of azide groups is 1. The van der Waals surface area contributed by atoms with E-state index in [4.69, 9.17) is 34.5 Å². The van der Waals surface area contributed by atoms with Gasteiger partial charge in [0.2, 0.25) is 0 Å². The molecule has 2 N–H and O–H groups in total. The van der Waals surface area contributed by atoms with Crippen LogP contribution in [0.15, 0.2) is 17.2 Å². The van der Waals surface area contributed by atoms with Crippen LogP contribution in [0, 0.1) is 11.8 Å². The molecular formula is C9H6Cl2N4. The molecule has 0 bridgehead atoms. The minimum atomic E-state index is 0.0769. The lowest BCUT2D eigenvalue weighted by Gasteiger charge is -2.00. The lowest BCUT2D eigenvalue weighted by atomic mass is 10.2. The van der Waals surface area contributed by atoms with Gasteiger partial charge in [0.1, 0.15) is 0 Å². The summed E-state index contributed by atoms with van der Waals surface area (Å²) in [6.45, 7) is 0.0769. The summed E-state index contributed by atoms with van der Waals surface area (Å²) >= 11 is 11.8. The van der Waals surface area contributed by atoms with Gasteiger partial charge in [0.15, 0.2) is 0 Å². The topological polar surface area (TPSA) is 74.8 Å². The average molecular weight is 241 g/mol. The molecule has 0 fully saturated rings. The van der Waals surface area contributed by atoms with Crippen LogP contribution in [0.1, 0.15) is 5.56 Å². The van der Waals surface area contributed by atoms with Crippen molar-refractivity contribution in [3.05, 3.63) is 38.2 Å². The number of benzene rings is 1. The third-order valence-electron chi connectivity index (χ3n) is 1.49. The Labute approximate surface area is 96.6 Å². The van der Waals surface area contributed by atoms with Crippen molar-refractivity contribution in [2.45, 2.75) is 0 Å². The first-order valence-electron chi connectivity index (χ1n) is 3.89. The Morgan fingerprint density at radius 2 is 2.00 bits per heavy atom. The maximum atomic E-state index is 8.03. The molecule has 6 heteroatoms. The van der Waals surface area contributed by atoms with E-state index in [9.17, 15) is 0 Å². The van der Waals surface area contributed by atoms with Gasteiger partial charge in [-0.1, -0.05) is 40.2 Å². The average Bonchev–Trinajstić information content (AvgIpc) is 2.15. The molecule has 0 radical (unpaired) electrons. The zero-order valence-electron chi connectivity index (χ0n) is 7.54. The van der Waals surface area contributed by atoms with E-state index in [2.05, 4.69) is 21.9 Å². The van der Waals surface area contributed by atoms with E-state index in [1.165, 1.54) is 0 Å². The summed E-state index contributed by atoms with van der Waals surface area (Å²) in [4.78, 5) is 2.56. The first kappa shape index (κ1) is 11.5. The summed E-state index contributed by atoms with van der Waals surface area (Å²) in [7, 11) is 0. The second-order valence-electron chi connectivity index (χ2n) is 2.55. The van der Waals surface area contributed by atoms with E-state index in [1.54, 1.807) is 12.1 Å². The van der Waals surface area contributed by atoms with Gasteiger partial charge in [-0.2, -0.15) is 0 Å². The lowest BCUT2D eigenvalue weighted by molar-refractivity contribution is 1.25. The maximum absolute atomic E-state index is 8.03. The van der Waals surface area contributed by atoms with Gasteiger partial charge in [0.05, 0.1) is 22.2 Å². The van der Waals surface area contributed by atoms with Crippen LogP contribution < -0.4 is 5.73 Å². The highest BCUT2D eigenvalue weighted by Crippen LogP contribution is 2.26. The van der Waals surface area contributed by atoms with Crippen LogP contribution in [0.2, 0.25) is 10.0 Å². The van der Waals surface area contributed by atoms with Crippen LogP contribution in [0.3, 0.4) is 0 Å². The summed E-state index contributed by atoms with van der Waals surface area (Å²) in [5, 5.41) is 4.03. The van der Waals surface area contributed by atoms with Crippen molar-refractivity contribution < 1.29 is 0 Å². The molecule has 15 heavy (non-hydrogen) atoms. The second kappa shape index (κ2) is 5.38. The van der Waals surface area contributed by atoms with Gasteiger partial charge in [-0.05, 0) is 17.7 Å². The van der Waals surface area contributed by atoms with Crippen molar-refractivity contribution in [3.8, 4) is 11.8 Å². The second-order valence-corrected chi connectivity index (χ2v) is 3.36. The molecule has 1 rings (SSSR count). The molecule has 0 amide bonds. The van der Waals surface area contributed by atoms with Crippen molar-refractivity contribution in [3.63, 3.8) is 0 Å². The highest BCUT2D eigenvalue weighted by atomic mass is 35.5. The number of nitrogens with zero attached hydrogens (tertiary/aromatic N) is 3. The van der Waals surface area contributed by atoms with Crippen molar-refractivity contribution in [2.75, 3.05) is 12.3 Å². The quantitative estimate of drug-likeness (QED) is 0.264. The largest absolute Gasteiger partial charge is 0.399 e. The third kappa shape index (κ3) is 3.26. The van der Waals surface area contributed by atoms with Crippen molar-refractivity contribution in [1.29, 1.82) is 0 Å². The Hall–Kier alpha value is -1.53. The van der Waals surface area contributed by atoms with E-state index in [0.29, 0.717) is 21.3 Å². The molecule has 0 aliphatic carbocycles. The van der Waals surface area contributed by atoms with Crippen LogP contribution in [-0.4, -0.2) is 6.54 Å². The van der Waals surface area contributed by atoms with Gasteiger partial charge in [0, 0.05) is 10.6 Å². The molecule has 0 saturated carbocycles. The zero-order valence-corrected chi connectivity index (χ0v) is 9.05. The summed E-state index contributed by atoms with van der Waals surface area (Å²) in [6.07, 6.45) is 0. The Balaban J connectivity index is 3.02. The number of hydrogen-bond donors (Lipinski definition) is 1. The van der Waals surface area contributed by atoms with E-state index >= 15 is 0 Å². The van der Waals surface area contributed by atoms with E-state index in [0.717, 1.165) is 0 Å². The van der Waals surface area contributed by atoms with Gasteiger partial charge in [-0.25, -0.2) is 0 Å². The molecule has 0 aliphatic heterocycles. The molecule has 0 heterocycles. The first-order chi connectivity index (χ1) is 7.15. The van der Waals surface area contributed by atoms with E-state index in [-0.39, 0.29) is 6.54 Å². The number of nitrogen functional groups attached to an aromatic ring is 1. The van der Waals surface area contributed by atoms with Gasteiger partial charge < -0.3 is 5.73 Å². The normalized spacial score (nSPS) is 8.67. The number of halogens is 2. The number of nitrogens with two attached hydrogens (primary N) is 1. The minimum Gasteiger partial charge on any atom is -0.399 e. The predicted molar refractivity (Wildman–Crippen MR) is 61.8 cm³/mol. The molecule has 1 aromatic rings. The van der Waals surface area contributed by atoms with Crippen LogP contribution in [0.5, 0.6) is 0 Å². The van der Waals surface area contributed by atoms with Crippen molar-refractivity contribution in [2.24, 2.45) is 5.11 Å². The highest BCUT2D eigenvalue weighted by molar-refractivity contribution is 6.37. The summed E-state index contributed by atoms with van der Waals surface area (Å²) in [5.41, 5.74) is 14.5. The fourth-order valence-electron chi connectivity index (χ4n) is 0.907. The molecule has 0 atom stereocenters. The monoisotopic (exact) mass is 240 g/mol. The van der Waals surface area contributed by atoms with Gasteiger partial charge in [-0.15, -0.1) is 0 Å². The lowest BCUT2D eigenvalue weighted by Crippen LogP contribution is -1.87. The summed E-state index contributed by atoms with van der Waals surface area (Å²) in [5.74, 6) is 5.33. The fourth-order valence-corrected chi connectivity index (χ4v) is 1.51. The van der Waals surface area contributed by atoms with Crippen molar-refractivity contribution >= 4 is 28.9 Å². The number of hydrogen-bond acceptors (Lipinski definition) is 2. The SMILES string of the molecule is [N-]=[N+]=NCC#Cc1c(Cl)cc(N)cc1Cl. The number of anilines is 1. The van der Waals surface area contributed by atoms with Gasteiger partial charge in [0.25, 0.3) is 0 Å². The number of rotatable bonds is 1. The Kier molecular flexibility index (Phi) is 4.14. The van der Waals surface area contributed by atoms with Gasteiger partial charge >= 0.3 is 0 Å². The molecular weight excluding hydrogens is 235 g/mol. The molecule has 0 spiro atoms. The molecule has 0 aliphatic rings. The summed E-state index contributed by atoms with van der Waals surface area (Å²) < 4.78 is 0. The first-order valence-corrected chi connectivity index (χ1v) is 4.65. The zero-order chi connectivity index (χ0) is 11.3.